The molecule has 5 nitrogen and oxygen atoms in total. The molecule has 1 aromatic rings. The van der Waals surface area contributed by atoms with E-state index in [0.29, 0.717) is 25.6 Å². The maximum absolute atomic E-state index is 12.1. The predicted molar refractivity (Wildman–Crippen MR) is 83.2 cm³/mol. The highest BCUT2D eigenvalue weighted by molar-refractivity contribution is 5.76. The van der Waals surface area contributed by atoms with E-state index in [0.717, 1.165) is 31.9 Å². The summed E-state index contributed by atoms with van der Waals surface area (Å²) in [5, 5.41) is 0. The molecule has 1 aromatic carbocycles. The lowest BCUT2D eigenvalue weighted by atomic mass is 10.2. The van der Waals surface area contributed by atoms with Gasteiger partial charge in [0, 0.05) is 38.8 Å². The quantitative estimate of drug-likeness (QED) is 0.848. The van der Waals surface area contributed by atoms with Crippen LogP contribution in [-0.2, 0) is 4.79 Å². The molecule has 0 aromatic heterocycles. The zero-order valence-electron chi connectivity index (χ0n) is 12.7. The van der Waals surface area contributed by atoms with Gasteiger partial charge in [0.05, 0.1) is 13.0 Å². The van der Waals surface area contributed by atoms with Gasteiger partial charge in [-0.25, -0.2) is 0 Å². The van der Waals surface area contributed by atoms with Crippen molar-refractivity contribution in [2.75, 3.05) is 39.3 Å². The summed E-state index contributed by atoms with van der Waals surface area (Å²) in [4.78, 5) is 16.4. The lowest BCUT2D eigenvalue weighted by molar-refractivity contribution is -0.133. The zero-order chi connectivity index (χ0) is 15.1. The van der Waals surface area contributed by atoms with Crippen molar-refractivity contribution in [2.24, 2.45) is 5.73 Å². The first-order valence-corrected chi connectivity index (χ1v) is 7.60. The van der Waals surface area contributed by atoms with Crippen molar-refractivity contribution in [3.8, 4) is 5.75 Å². The molecule has 1 saturated heterocycles. The van der Waals surface area contributed by atoms with Crippen molar-refractivity contribution < 1.29 is 9.53 Å². The SMILES string of the molecule is CC(CN)N1CCN(C(=O)CCOc2ccccc2)CC1. The van der Waals surface area contributed by atoms with Gasteiger partial charge in [0.25, 0.3) is 0 Å². The molecule has 1 aliphatic rings. The Labute approximate surface area is 126 Å². The van der Waals surface area contributed by atoms with E-state index in [4.69, 9.17) is 10.5 Å². The van der Waals surface area contributed by atoms with Crippen LogP contribution in [0.1, 0.15) is 13.3 Å². The second-order valence-corrected chi connectivity index (χ2v) is 5.41. The highest BCUT2D eigenvalue weighted by atomic mass is 16.5. The number of piperazine rings is 1. The molecular formula is C16H25N3O2. The molecule has 0 saturated carbocycles. The van der Waals surface area contributed by atoms with Gasteiger partial charge in [0.2, 0.25) is 5.91 Å². The monoisotopic (exact) mass is 291 g/mol. The molecule has 0 aliphatic carbocycles. The molecule has 2 N–H and O–H groups in total. The molecule has 5 heteroatoms. The minimum Gasteiger partial charge on any atom is -0.493 e. The number of ether oxygens (including phenoxy) is 1. The summed E-state index contributed by atoms with van der Waals surface area (Å²) in [6.45, 7) is 6.61. The molecular weight excluding hydrogens is 266 g/mol. The van der Waals surface area contributed by atoms with Crippen LogP contribution in [0.2, 0.25) is 0 Å². The Balaban J connectivity index is 1.68. The number of hydrogen-bond donors (Lipinski definition) is 1. The Kier molecular flexibility index (Phi) is 6.02. The van der Waals surface area contributed by atoms with E-state index in [1.807, 2.05) is 35.2 Å². The molecule has 0 bridgehead atoms. The maximum atomic E-state index is 12.1. The highest BCUT2D eigenvalue weighted by Gasteiger charge is 2.23. The molecule has 1 heterocycles. The second-order valence-electron chi connectivity index (χ2n) is 5.41. The molecule has 1 aliphatic heterocycles. The summed E-state index contributed by atoms with van der Waals surface area (Å²) in [7, 11) is 0. The fourth-order valence-electron chi connectivity index (χ4n) is 2.49. The first-order valence-electron chi connectivity index (χ1n) is 7.60. The largest absolute Gasteiger partial charge is 0.493 e. The van der Waals surface area contributed by atoms with Crippen LogP contribution in [0, 0.1) is 0 Å². The summed E-state index contributed by atoms with van der Waals surface area (Å²) in [5.74, 6) is 0.984. The third-order valence-electron chi connectivity index (χ3n) is 3.96. The molecule has 1 unspecified atom stereocenters. The molecule has 1 atom stereocenters. The number of amides is 1. The van der Waals surface area contributed by atoms with Crippen LogP contribution in [0.3, 0.4) is 0 Å². The standard InChI is InChI=1S/C16H25N3O2/c1-14(13-17)18-8-10-19(11-9-18)16(20)7-12-21-15-5-3-2-4-6-15/h2-6,14H,7-13,17H2,1H3. The van der Waals surface area contributed by atoms with Gasteiger partial charge in [-0.1, -0.05) is 18.2 Å². The number of para-hydroxylation sites is 1. The highest BCUT2D eigenvalue weighted by Crippen LogP contribution is 2.10. The van der Waals surface area contributed by atoms with Crippen LogP contribution in [0.25, 0.3) is 0 Å². The van der Waals surface area contributed by atoms with Gasteiger partial charge >= 0.3 is 0 Å². The van der Waals surface area contributed by atoms with E-state index >= 15 is 0 Å². The summed E-state index contributed by atoms with van der Waals surface area (Å²) in [6, 6.07) is 9.99. The molecule has 0 radical (unpaired) electrons. The molecule has 0 spiro atoms. The van der Waals surface area contributed by atoms with Crippen molar-refractivity contribution in [3.63, 3.8) is 0 Å². The number of nitrogens with two attached hydrogens (primary N) is 1. The number of carbonyl (C=O) groups is 1. The van der Waals surface area contributed by atoms with Crippen LogP contribution >= 0.6 is 0 Å². The first kappa shape index (κ1) is 15.8. The van der Waals surface area contributed by atoms with Crippen LogP contribution in [0.5, 0.6) is 5.75 Å². The Morgan fingerprint density at radius 2 is 1.90 bits per heavy atom. The molecule has 21 heavy (non-hydrogen) atoms. The van der Waals surface area contributed by atoms with Crippen molar-refractivity contribution in [2.45, 2.75) is 19.4 Å². The van der Waals surface area contributed by atoms with Crippen LogP contribution < -0.4 is 10.5 Å². The summed E-state index contributed by atoms with van der Waals surface area (Å²) in [5.41, 5.74) is 5.68. The van der Waals surface area contributed by atoms with Gasteiger partial charge in [0.15, 0.2) is 0 Å². The summed E-state index contributed by atoms with van der Waals surface area (Å²) in [6.07, 6.45) is 0.432. The first-order chi connectivity index (χ1) is 10.2. The Morgan fingerprint density at radius 3 is 2.52 bits per heavy atom. The fraction of sp³-hybridized carbons (Fsp3) is 0.562. The van der Waals surface area contributed by atoms with Crippen LogP contribution in [0.4, 0.5) is 0 Å². The van der Waals surface area contributed by atoms with Crippen molar-refractivity contribution >= 4 is 5.91 Å². The lowest BCUT2D eigenvalue weighted by Gasteiger charge is -2.37. The predicted octanol–water partition coefficient (Wildman–Crippen LogP) is 0.947. The number of hydrogen-bond acceptors (Lipinski definition) is 4. The van der Waals surface area contributed by atoms with Crippen LogP contribution in [0.15, 0.2) is 30.3 Å². The summed E-state index contributed by atoms with van der Waals surface area (Å²) < 4.78 is 5.57. The van der Waals surface area contributed by atoms with Gasteiger partial charge in [-0.2, -0.15) is 0 Å². The van der Waals surface area contributed by atoms with Crippen LogP contribution in [-0.4, -0.2) is 61.1 Å². The summed E-state index contributed by atoms with van der Waals surface area (Å²) >= 11 is 0. The van der Waals surface area contributed by atoms with E-state index in [2.05, 4.69) is 11.8 Å². The van der Waals surface area contributed by atoms with E-state index in [1.54, 1.807) is 0 Å². The maximum Gasteiger partial charge on any atom is 0.226 e. The van der Waals surface area contributed by atoms with E-state index in [-0.39, 0.29) is 5.91 Å². The number of carbonyl (C=O) groups excluding carboxylic acids is 1. The second kappa shape index (κ2) is 8.00. The topological polar surface area (TPSA) is 58.8 Å². The number of benzene rings is 1. The lowest BCUT2D eigenvalue weighted by Crippen LogP contribution is -2.52. The Hall–Kier alpha value is -1.59. The van der Waals surface area contributed by atoms with Crippen molar-refractivity contribution in [1.82, 2.24) is 9.80 Å². The number of rotatable bonds is 6. The van der Waals surface area contributed by atoms with E-state index < -0.39 is 0 Å². The third-order valence-corrected chi connectivity index (χ3v) is 3.96. The van der Waals surface area contributed by atoms with E-state index in [1.165, 1.54) is 0 Å². The van der Waals surface area contributed by atoms with Gasteiger partial charge < -0.3 is 15.4 Å². The van der Waals surface area contributed by atoms with Crippen molar-refractivity contribution in [1.29, 1.82) is 0 Å². The minimum absolute atomic E-state index is 0.172. The fourth-order valence-corrected chi connectivity index (χ4v) is 2.49. The number of nitrogens with zero attached hydrogens (tertiary/aromatic N) is 2. The van der Waals surface area contributed by atoms with Gasteiger partial charge in [0.1, 0.15) is 5.75 Å². The molecule has 1 amide bonds. The van der Waals surface area contributed by atoms with Crippen molar-refractivity contribution in [3.05, 3.63) is 30.3 Å². The van der Waals surface area contributed by atoms with Gasteiger partial charge in [-0.15, -0.1) is 0 Å². The average Bonchev–Trinajstić information content (AvgIpc) is 2.55. The molecule has 116 valence electrons. The molecule has 2 rings (SSSR count). The third kappa shape index (κ3) is 4.72. The van der Waals surface area contributed by atoms with Gasteiger partial charge in [-0.3, -0.25) is 9.69 Å². The average molecular weight is 291 g/mol. The molecule has 1 fully saturated rings. The Bertz CT molecular complexity index is 430. The Morgan fingerprint density at radius 1 is 1.24 bits per heavy atom. The minimum atomic E-state index is 0.172. The van der Waals surface area contributed by atoms with Gasteiger partial charge in [-0.05, 0) is 19.1 Å². The smallest absolute Gasteiger partial charge is 0.226 e. The normalized spacial score (nSPS) is 17.5. The zero-order valence-corrected chi connectivity index (χ0v) is 12.7. The van der Waals surface area contributed by atoms with E-state index in [9.17, 15) is 4.79 Å².